The van der Waals surface area contributed by atoms with Gasteiger partial charge in [-0.3, -0.25) is 0 Å². The molecule has 1 unspecified atom stereocenters. The van der Waals surface area contributed by atoms with Gasteiger partial charge in [-0.25, -0.2) is 4.79 Å². The van der Waals surface area contributed by atoms with Crippen molar-refractivity contribution in [3.63, 3.8) is 0 Å². The number of carbonyl (C=O) groups excluding carboxylic acids is 1. The Bertz CT molecular complexity index is 1830. The van der Waals surface area contributed by atoms with Gasteiger partial charge in [0.25, 0.3) is 0 Å². The molecule has 270 valence electrons. The summed E-state index contributed by atoms with van der Waals surface area (Å²) in [4.78, 5) is 12.9. The standard InChI is InChI=1S/C42H48O9/c1-39(2,22-44-5)36-46-24-41(25-47-36)26-48-37(49-27-41)40(3,4)23-50-38(43)51-33-19-15-31(16-20-33)42(30-13-17-32(45-6)18-14-30)21-29-11-7-9-28-10-8-12-34(42)35(28)29/h7-20,36-37H,21-27H2,1-6H3. The van der Waals surface area contributed by atoms with E-state index in [4.69, 9.17) is 37.9 Å². The van der Waals surface area contributed by atoms with Gasteiger partial charge in [0, 0.05) is 17.9 Å². The molecule has 0 aromatic heterocycles. The van der Waals surface area contributed by atoms with Crippen molar-refractivity contribution in [2.75, 3.05) is 53.9 Å². The summed E-state index contributed by atoms with van der Waals surface area (Å²) in [7, 11) is 3.35. The fourth-order valence-electron chi connectivity index (χ4n) is 7.80. The third-order valence-corrected chi connectivity index (χ3v) is 10.6. The maximum Gasteiger partial charge on any atom is 0.513 e. The molecule has 4 aromatic carbocycles. The lowest BCUT2D eigenvalue weighted by Crippen LogP contribution is -2.57. The zero-order valence-electron chi connectivity index (χ0n) is 30.4. The van der Waals surface area contributed by atoms with E-state index in [9.17, 15) is 4.79 Å². The molecule has 2 aliphatic heterocycles. The van der Waals surface area contributed by atoms with E-state index >= 15 is 0 Å². The number of hydrogen-bond donors (Lipinski definition) is 0. The molecule has 0 radical (unpaired) electrons. The monoisotopic (exact) mass is 696 g/mol. The highest BCUT2D eigenvalue weighted by Crippen LogP contribution is 2.51. The molecule has 2 saturated heterocycles. The molecule has 0 amide bonds. The van der Waals surface area contributed by atoms with Gasteiger partial charge in [0.1, 0.15) is 18.1 Å². The highest BCUT2D eigenvalue weighted by Gasteiger charge is 2.48. The fourth-order valence-corrected chi connectivity index (χ4v) is 7.80. The van der Waals surface area contributed by atoms with E-state index in [0.29, 0.717) is 38.8 Å². The molecule has 1 aliphatic carbocycles. The minimum atomic E-state index is -0.787. The van der Waals surface area contributed by atoms with Gasteiger partial charge in [-0.15, -0.1) is 0 Å². The van der Waals surface area contributed by atoms with E-state index < -0.39 is 28.7 Å². The van der Waals surface area contributed by atoms with Crippen molar-refractivity contribution in [2.45, 2.75) is 52.1 Å². The second kappa shape index (κ2) is 13.9. The molecule has 3 aliphatic rings. The highest BCUT2D eigenvalue weighted by atomic mass is 16.7. The van der Waals surface area contributed by atoms with Crippen LogP contribution < -0.4 is 9.47 Å². The number of carbonyl (C=O) groups is 1. The van der Waals surface area contributed by atoms with E-state index in [1.165, 1.54) is 27.5 Å². The van der Waals surface area contributed by atoms with Crippen LogP contribution in [0, 0.1) is 16.2 Å². The van der Waals surface area contributed by atoms with Gasteiger partial charge in [-0.05, 0) is 63.7 Å². The van der Waals surface area contributed by atoms with Crippen molar-refractivity contribution in [1.29, 1.82) is 0 Å². The van der Waals surface area contributed by atoms with Gasteiger partial charge in [0.2, 0.25) is 0 Å². The molecular formula is C42H48O9. The summed E-state index contributed by atoms with van der Waals surface area (Å²) < 4.78 is 46.6. The van der Waals surface area contributed by atoms with Crippen molar-refractivity contribution in [2.24, 2.45) is 16.2 Å². The lowest BCUT2D eigenvalue weighted by atomic mass is 9.69. The van der Waals surface area contributed by atoms with Gasteiger partial charge >= 0.3 is 6.16 Å². The van der Waals surface area contributed by atoms with Gasteiger partial charge in [0.05, 0.1) is 51.0 Å². The molecule has 7 rings (SSSR count). The topological polar surface area (TPSA) is 90.9 Å². The third-order valence-electron chi connectivity index (χ3n) is 10.6. The average Bonchev–Trinajstić information content (AvgIpc) is 3.48. The average molecular weight is 697 g/mol. The predicted octanol–water partition coefficient (Wildman–Crippen LogP) is 7.69. The van der Waals surface area contributed by atoms with Gasteiger partial charge in [-0.2, -0.15) is 0 Å². The first-order valence-electron chi connectivity index (χ1n) is 17.5. The highest BCUT2D eigenvalue weighted by molar-refractivity contribution is 5.94. The van der Waals surface area contributed by atoms with Crippen molar-refractivity contribution in [1.82, 2.24) is 0 Å². The van der Waals surface area contributed by atoms with Crippen molar-refractivity contribution < 1.29 is 42.7 Å². The van der Waals surface area contributed by atoms with Crippen LogP contribution >= 0.6 is 0 Å². The van der Waals surface area contributed by atoms with E-state index in [2.05, 4.69) is 62.4 Å². The Balaban J connectivity index is 0.985. The van der Waals surface area contributed by atoms with Crippen LogP contribution in [0.15, 0.2) is 84.9 Å². The van der Waals surface area contributed by atoms with Gasteiger partial charge in [0.15, 0.2) is 12.6 Å². The van der Waals surface area contributed by atoms with Crippen LogP contribution in [0.2, 0.25) is 0 Å². The minimum absolute atomic E-state index is 0.0463. The van der Waals surface area contributed by atoms with Gasteiger partial charge in [-0.1, -0.05) is 88.4 Å². The van der Waals surface area contributed by atoms with Crippen molar-refractivity contribution >= 4 is 16.9 Å². The number of ether oxygens (including phenoxy) is 8. The number of hydrogen-bond acceptors (Lipinski definition) is 9. The van der Waals surface area contributed by atoms with Crippen LogP contribution in [-0.2, 0) is 40.3 Å². The molecule has 9 nitrogen and oxygen atoms in total. The Kier molecular flexibility index (Phi) is 9.62. The first kappa shape index (κ1) is 35.4. The fraction of sp³-hybridized carbons (Fsp3) is 0.452. The van der Waals surface area contributed by atoms with E-state index in [-0.39, 0.29) is 18.3 Å². The van der Waals surface area contributed by atoms with Gasteiger partial charge < -0.3 is 37.9 Å². The number of rotatable bonds is 10. The smallest absolute Gasteiger partial charge is 0.497 e. The third kappa shape index (κ3) is 6.74. The summed E-state index contributed by atoms with van der Waals surface area (Å²) in [6.07, 6.45) is -0.915. The molecule has 4 aromatic rings. The van der Waals surface area contributed by atoms with Crippen LogP contribution in [0.5, 0.6) is 11.5 Å². The second-order valence-electron chi connectivity index (χ2n) is 15.6. The largest absolute Gasteiger partial charge is 0.513 e. The molecule has 51 heavy (non-hydrogen) atoms. The normalized spacial score (nSPS) is 24.8. The second-order valence-corrected chi connectivity index (χ2v) is 15.6. The number of methoxy groups -OCH3 is 2. The van der Waals surface area contributed by atoms with Crippen LogP contribution in [0.25, 0.3) is 10.8 Å². The maximum absolute atomic E-state index is 12.9. The van der Waals surface area contributed by atoms with Crippen LogP contribution in [0.1, 0.15) is 49.9 Å². The molecule has 1 spiro atoms. The Morgan fingerprint density at radius 3 is 1.78 bits per heavy atom. The lowest BCUT2D eigenvalue weighted by Gasteiger charge is -2.48. The summed E-state index contributed by atoms with van der Waals surface area (Å²) in [5.74, 6) is 1.21. The summed E-state index contributed by atoms with van der Waals surface area (Å²) >= 11 is 0. The van der Waals surface area contributed by atoms with E-state index in [0.717, 1.165) is 17.7 Å². The predicted molar refractivity (Wildman–Crippen MR) is 192 cm³/mol. The molecule has 2 fully saturated rings. The van der Waals surface area contributed by atoms with Crippen LogP contribution in [0.4, 0.5) is 4.79 Å². The lowest BCUT2D eigenvalue weighted by molar-refractivity contribution is -0.337. The van der Waals surface area contributed by atoms with Crippen LogP contribution in [0.3, 0.4) is 0 Å². The maximum atomic E-state index is 12.9. The Labute approximate surface area is 300 Å². The Morgan fingerprint density at radius 2 is 1.24 bits per heavy atom. The molecule has 0 N–H and O–H groups in total. The zero-order valence-corrected chi connectivity index (χ0v) is 30.4. The first-order chi connectivity index (χ1) is 24.5. The Morgan fingerprint density at radius 1 is 0.706 bits per heavy atom. The molecule has 1 atom stereocenters. The van der Waals surface area contributed by atoms with E-state index in [1.807, 2.05) is 50.2 Å². The van der Waals surface area contributed by atoms with Crippen LogP contribution in [-0.4, -0.2) is 72.6 Å². The molecule has 0 saturated carbocycles. The SMILES string of the molecule is COCC(C)(C)C1OCC2(CO1)COC(C(C)(C)COC(=O)Oc1ccc(C3(c4ccc(OC)cc4)Cc4cccc5cccc3c45)cc1)OC2. The number of benzene rings is 4. The summed E-state index contributed by atoms with van der Waals surface area (Å²) in [6.45, 7) is 10.3. The molecule has 0 bridgehead atoms. The minimum Gasteiger partial charge on any atom is -0.497 e. The van der Waals surface area contributed by atoms with Crippen molar-refractivity contribution in [3.05, 3.63) is 107 Å². The zero-order chi connectivity index (χ0) is 35.9. The molecule has 2 heterocycles. The summed E-state index contributed by atoms with van der Waals surface area (Å²) in [5.41, 5.74) is 3.11. The molecular weight excluding hydrogens is 648 g/mol. The Hall–Kier alpha value is -3.99. The molecule has 9 heteroatoms. The summed E-state index contributed by atoms with van der Waals surface area (Å²) in [6, 6.07) is 29.1. The first-order valence-corrected chi connectivity index (χ1v) is 17.5. The van der Waals surface area contributed by atoms with E-state index in [1.54, 1.807) is 14.2 Å². The summed E-state index contributed by atoms with van der Waals surface area (Å²) in [5, 5.41) is 2.52. The van der Waals surface area contributed by atoms with Crippen molar-refractivity contribution in [3.8, 4) is 11.5 Å². The quantitative estimate of drug-likeness (QED) is 0.122.